The van der Waals surface area contributed by atoms with E-state index in [1.807, 2.05) is 13.0 Å². The molecule has 1 fully saturated rings. The van der Waals surface area contributed by atoms with Gasteiger partial charge >= 0.3 is 0 Å². The fourth-order valence-electron chi connectivity index (χ4n) is 3.50. The van der Waals surface area contributed by atoms with Gasteiger partial charge in [0.05, 0.1) is 11.2 Å². The zero-order valence-corrected chi connectivity index (χ0v) is 15.9. The highest BCUT2D eigenvalue weighted by Crippen LogP contribution is 2.36. The topological polar surface area (TPSA) is 42.4 Å². The average molecular weight is 392 g/mol. The smallest absolute Gasteiger partial charge is 0.266 e. The summed E-state index contributed by atoms with van der Waals surface area (Å²) in [5.74, 6) is -0.934. The Morgan fingerprint density at radius 2 is 2.04 bits per heavy atom. The number of aryl methyl sites for hydroxylation is 1. The zero-order valence-electron chi connectivity index (χ0n) is 15.9. The normalized spacial score (nSPS) is 15.4. The van der Waals surface area contributed by atoms with E-state index in [0.29, 0.717) is 24.2 Å². The standard InChI is InChI=1S/C21H23F3N2O2/c1-14-17(11-26(13-27)12-21(28-2)6-3-7-21)8-16(10-25-14)15-4-5-19(22)18(9-15)20(23)24/h4-5,8-10,13,20H,3,6-7,11-12H2,1-2H3. The van der Waals surface area contributed by atoms with Crippen molar-refractivity contribution >= 4 is 6.41 Å². The van der Waals surface area contributed by atoms with Crippen LogP contribution in [0.5, 0.6) is 0 Å². The van der Waals surface area contributed by atoms with Crippen molar-refractivity contribution in [2.24, 2.45) is 0 Å². The second kappa shape index (κ2) is 8.31. The number of nitrogens with zero attached hydrogens (tertiary/aromatic N) is 2. The van der Waals surface area contributed by atoms with Gasteiger partial charge in [-0.25, -0.2) is 13.2 Å². The van der Waals surface area contributed by atoms with Crippen molar-refractivity contribution in [1.29, 1.82) is 0 Å². The highest BCUT2D eigenvalue weighted by Gasteiger charge is 2.38. The van der Waals surface area contributed by atoms with Crippen LogP contribution in [0.1, 0.15) is 42.5 Å². The number of rotatable bonds is 8. The lowest BCUT2D eigenvalue weighted by molar-refractivity contribution is -0.130. The molecule has 0 radical (unpaired) electrons. The van der Waals surface area contributed by atoms with Gasteiger partial charge in [0.15, 0.2) is 0 Å². The number of amides is 1. The number of ether oxygens (including phenoxy) is 1. The van der Waals surface area contributed by atoms with Crippen LogP contribution in [-0.2, 0) is 16.1 Å². The summed E-state index contributed by atoms with van der Waals surface area (Å²) in [6.45, 7) is 2.65. The average Bonchev–Trinajstić information content (AvgIpc) is 2.65. The van der Waals surface area contributed by atoms with Crippen molar-refractivity contribution in [2.45, 2.75) is 44.8 Å². The molecule has 7 heteroatoms. The third kappa shape index (κ3) is 4.19. The third-order valence-electron chi connectivity index (χ3n) is 5.47. The van der Waals surface area contributed by atoms with Gasteiger partial charge in [-0.1, -0.05) is 6.07 Å². The first-order chi connectivity index (χ1) is 13.4. The van der Waals surface area contributed by atoms with E-state index in [9.17, 15) is 18.0 Å². The molecule has 0 spiro atoms. The molecule has 4 nitrogen and oxygen atoms in total. The van der Waals surface area contributed by atoms with Crippen LogP contribution in [-0.4, -0.2) is 35.5 Å². The summed E-state index contributed by atoms with van der Waals surface area (Å²) in [6.07, 6.45) is 2.37. The van der Waals surface area contributed by atoms with Crippen molar-refractivity contribution in [3.63, 3.8) is 0 Å². The van der Waals surface area contributed by atoms with Gasteiger partial charge in [-0.15, -0.1) is 0 Å². The maximum absolute atomic E-state index is 13.6. The molecule has 0 N–H and O–H groups in total. The molecule has 150 valence electrons. The SMILES string of the molecule is COC1(CN(C=O)Cc2cc(-c3ccc(F)c(C(F)F)c3)cnc2C)CCC1. The summed E-state index contributed by atoms with van der Waals surface area (Å²) < 4.78 is 45.2. The Morgan fingerprint density at radius 1 is 1.29 bits per heavy atom. The van der Waals surface area contributed by atoms with Crippen LogP contribution in [0.4, 0.5) is 13.2 Å². The molecule has 1 aromatic heterocycles. The highest BCUT2D eigenvalue weighted by atomic mass is 19.3. The van der Waals surface area contributed by atoms with E-state index in [0.717, 1.165) is 49.1 Å². The number of carbonyl (C=O) groups excluding carboxylic acids is 1. The van der Waals surface area contributed by atoms with E-state index in [-0.39, 0.29) is 5.60 Å². The molecule has 2 aromatic rings. The number of halogens is 3. The quantitative estimate of drug-likeness (QED) is 0.614. The predicted molar refractivity (Wildman–Crippen MR) is 99.4 cm³/mol. The number of hydrogen-bond donors (Lipinski definition) is 0. The Balaban J connectivity index is 1.85. The van der Waals surface area contributed by atoms with Crippen LogP contribution in [0.25, 0.3) is 11.1 Å². The van der Waals surface area contributed by atoms with Crippen LogP contribution < -0.4 is 0 Å². The largest absolute Gasteiger partial charge is 0.376 e. The van der Waals surface area contributed by atoms with Crippen LogP contribution in [0, 0.1) is 12.7 Å². The van der Waals surface area contributed by atoms with Gasteiger partial charge < -0.3 is 9.64 Å². The Morgan fingerprint density at radius 3 is 2.61 bits per heavy atom. The summed E-state index contributed by atoms with van der Waals surface area (Å²) in [5.41, 5.74) is 1.67. The zero-order chi connectivity index (χ0) is 20.3. The molecule has 0 atom stereocenters. The first kappa shape index (κ1) is 20.3. The van der Waals surface area contributed by atoms with E-state index in [1.165, 1.54) is 6.07 Å². The maximum Gasteiger partial charge on any atom is 0.266 e. The van der Waals surface area contributed by atoms with Gasteiger partial charge in [-0.2, -0.15) is 0 Å². The molecular weight excluding hydrogens is 369 g/mol. The first-order valence-corrected chi connectivity index (χ1v) is 9.15. The van der Waals surface area contributed by atoms with E-state index < -0.39 is 17.8 Å². The van der Waals surface area contributed by atoms with Gasteiger partial charge in [0.25, 0.3) is 6.43 Å². The van der Waals surface area contributed by atoms with Crippen molar-refractivity contribution in [3.05, 3.63) is 53.1 Å². The minimum Gasteiger partial charge on any atom is -0.376 e. The molecule has 0 unspecified atom stereocenters. The Hall–Kier alpha value is -2.41. The Kier molecular flexibility index (Phi) is 6.03. The molecule has 3 rings (SSSR count). The van der Waals surface area contributed by atoms with Crippen LogP contribution in [0.3, 0.4) is 0 Å². The molecule has 1 amide bonds. The van der Waals surface area contributed by atoms with Crippen molar-refractivity contribution in [1.82, 2.24) is 9.88 Å². The summed E-state index contributed by atoms with van der Waals surface area (Å²) in [5, 5.41) is 0. The van der Waals surface area contributed by atoms with Crippen molar-refractivity contribution in [3.8, 4) is 11.1 Å². The van der Waals surface area contributed by atoms with Gasteiger partial charge in [0.2, 0.25) is 6.41 Å². The monoisotopic (exact) mass is 392 g/mol. The second-order valence-corrected chi connectivity index (χ2v) is 7.26. The number of methoxy groups -OCH3 is 1. The lowest BCUT2D eigenvalue weighted by Crippen LogP contribution is -2.49. The first-order valence-electron chi connectivity index (χ1n) is 9.15. The number of alkyl halides is 2. The lowest BCUT2D eigenvalue weighted by Gasteiger charge is -2.43. The van der Waals surface area contributed by atoms with Gasteiger partial charge in [0.1, 0.15) is 5.82 Å². The number of benzene rings is 1. The van der Waals surface area contributed by atoms with Gasteiger partial charge in [-0.3, -0.25) is 9.78 Å². The number of pyridine rings is 1. The Labute approximate surface area is 162 Å². The molecule has 1 aliphatic rings. The predicted octanol–water partition coefficient (Wildman–Crippen LogP) is 4.66. The fourth-order valence-corrected chi connectivity index (χ4v) is 3.50. The summed E-state index contributed by atoms with van der Waals surface area (Å²) >= 11 is 0. The summed E-state index contributed by atoms with van der Waals surface area (Å²) in [7, 11) is 1.66. The number of carbonyl (C=O) groups is 1. The fraction of sp³-hybridized carbons (Fsp3) is 0.429. The molecular formula is C21H23F3N2O2. The highest BCUT2D eigenvalue weighted by molar-refractivity contribution is 5.64. The minimum absolute atomic E-state index is 0.289. The van der Waals surface area contributed by atoms with E-state index in [1.54, 1.807) is 18.2 Å². The molecule has 1 heterocycles. The van der Waals surface area contributed by atoms with Crippen LogP contribution in [0.15, 0.2) is 30.5 Å². The second-order valence-electron chi connectivity index (χ2n) is 7.26. The molecule has 1 aromatic carbocycles. The summed E-state index contributed by atoms with van der Waals surface area (Å²) in [4.78, 5) is 17.6. The maximum atomic E-state index is 13.6. The molecule has 0 saturated heterocycles. The minimum atomic E-state index is -2.89. The number of aromatic nitrogens is 1. The van der Waals surface area contributed by atoms with Gasteiger partial charge in [0, 0.05) is 37.7 Å². The van der Waals surface area contributed by atoms with E-state index in [2.05, 4.69) is 4.98 Å². The number of hydrogen-bond acceptors (Lipinski definition) is 3. The summed E-state index contributed by atoms with van der Waals surface area (Å²) in [6, 6.07) is 5.43. The molecule has 1 aliphatic carbocycles. The van der Waals surface area contributed by atoms with E-state index in [4.69, 9.17) is 4.74 Å². The van der Waals surface area contributed by atoms with E-state index >= 15 is 0 Å². The van der Waals surface area contributed by atoms with Crippen molar-refractivity contribution in [2.75, 3.05) is 13.7 Å². The molecule has 0 bridgehead atoms. The lowest BCUT2D eigenvalue weighted by atomic mass is 9.79. The third-order valence-corrected chi connectivity index (χ3v) is 5.47. The van der Waals surface area contributed by atoms with Gasteiger partial charge in [-0.05, 0) is 55.5 Å². The molecule has 0 aliphatic heterocycles. The van der Waals surface area contributed by atoms with Crippen LogP contribution >= 0.6 is 0 Å². The van der Waals surface area contributed by atoms with Crippen molar-refractivity contribution < 1.29 is 22.7 Å². The molecule has 28 heavy (non-hydrogen) atoms. The van der Waals surface area contributed by atoms with Crippen LogP contribution in [0.2, 0.25) is 0 Å². The molecule has 1 saturated carbocycles. The Bertz CT molecular complexity index is 848.